The summed E-state index contributed by atoms with van der Waals surface area (Å²) < 4.78 is 28.2. The van der Waals surface area contributed by atoms with Gasteiger partial charge in [0.15, 0.2) is 26.8 Å². The van der Waals surface area contributed by atoms with E-state index in [1.165, 1.54) is 30.3 Å². The van der Waals surface area contributed by atoms with Crippen LogP contribution in [0.5, 0.6) is 0 Å². The van der Waals surface area contributed by atoms with Crippen LogP contribution in [0.3, 0.4) is 0 Å². The number of carbonyl (C=O) groups is 2. The maximum atomic E-state index is 13.1. The zero-order chi connectivity index (χ0) is 18.7. The largest absolute Gasteiger partial charge is 0.464 e. The lowest BCUT2D eigenvalue weighted by atomic mass is 9.93. The fraction of sp³-hybridized carbons (Fsp3) is 0.105. The zero-order valence-corrected chi connectivity index (χ0v) is 14.4. The van der Waals surface area contributed by atoms with Crippen LogP contribution in [0.15, 0.2) is 64.0 Å². The standard InChI is InChI=1S/C19H12O6S/c1-26(23,24)19(17(21)11-6-2-3-7-12(11)18(19)22)14-10-25-15-9-5-4-8-13(15)16(14)20/h2-10H,1H3. The molecule has 3 aromatic rings. The van der Waals surface area contributed by atoms with Gasteiger partial charge in [0, 0.05) is 17.4 Å². The second-order valence-electron chi connectivity index (χ2n) is 6.13. The third-order valence-electron chi connectivity index (χ3n) is 4.67. The zero-order valence-electron chi connectivity index (χ0n) is 13.6. The van der Waals surface area contributed by atoms with Gasteiger partial charge in [-0.05, 0) is 12.1 Å². The van der Waals surface area contributed by atoms with Gasteiger partial charge in [-0.2, -0.15) is 0 Å². The molecule has 0 saturated carbocycles. The van der Waals surface area contributed by atoms with E-state index in [4.69, 9.17) is 4.42 Å². The lowest BCUT2D eigenvalue weighted by Gasteiger charge is -2.23. The van der Waals surface area contributed by atoms with Crippen LogP contribution in [0.2, 0.25) is 0 Å². The van der Waals surface area contributed by atoms with Gasteiger partial charge in [-0.25, -0.2) is 8.42 Å². The molecule has 0 amide bonds. The molecular formula is C19H12O6S. The van der Waals surface area contributed by atoms with Crippen molar-refractivity contribution in [3.05, 3.63) is 81.7 Å². The summed E-state index contributed by atoms with van der Waals surface area (Å²) >= 11 is 0. The summed E-state index contributed by atoms with van der Waals surface area (Å²) in [5.41, 5.74) is -0.997. The predicted molar refractivity (Wildman–Crippen MR) is 94.1 cm³/mol. The summed E-state index contributed by atoms with van der Waals surface area (Å²) in [7, 11) is -4.33. The Bertz CT molecular complexity index is 1230. The summed E-state index contributed by atoms with van der Waals surface area (Å²) in [4.78, 5) is 39.1. The van der Waals surface area contributed by atoms with Gasteiger partial charge in [-0.15, -0.1) is 0 Å². The van der Waals surface area contributed by atoms with Gasteiger partial charge in [-0.3, -0.25) is 14.4 Å². The fourth-order valence-corrected chi connectivity index (χ4v) is 4.90. The molecular weight excluding hydrogens is 356 g/mol. The average Bonchev–Trinajstić information content (AvgIpc) is 2.85. The van der Waals surface area contributed by atoms with Crippen molar-refractivity contribution in [3.63, 3.8) is 0 Å². The van der Waals surface area contributed by atoms with Crippen molar-refractivity contribution in [2.45, 2.75) is 4.75 Å². The third-order valence-corrected chi connectivity index (χ3v) is 6.37. The van der Waals surface area contributed by atoms with Crippen molar-refractivity contribution in [2.75, 3.05) is 6.26 Å². The van der Waals surface area contributed by atoms with E-state index in [0.717, 1.165) is 12.5 Å². The molecule has 0 bridgehead atoms. The van der Waals surface area contributed by atoms with E-state index in [2.05, 4.69) is 0 Å². The lowest BCUT2D eigenvalue weighted by molar-refractivity contribution is 0.0858. The molecule has 1 aliphatic rings. The van der Waals surface area contributed by atoms with E-state index in [0.29, 0.717) is 0 Å². The monoisotopic (exact) mass is 368 g/mol. The maximum Gasteiger partial charge on any atom is 0.228 e. The molecule has 130 valence electrons. The Morgan fingerprint density at radius 1 is 0.846 bits per heavy atom. The number of sulfone groups is 1. The van der Waals surface area contributed by atoms with E-state index < -0.39 is 37.1 Å². The predicted octanol–water partition coefficient (Wildman–Crippen LogP) is 2.11. The van der Waals surface area contributed by atoms with Crippen LogP contribution in [0.25, 0.3) is 11.0 Å². The molecule has 1 aromatic heterocycles. The molecule has 0 radical (unpaired) electrons. The van der Waals surface area contributed by atoms with Crippen LogP contribution in [-0.2, 0) is 14.6 Å². The van der Waals surface area contributed by atoms with Crippen LogP contribution in [0.4, 0.5) is 0 Å². The van der Waals surface area contributed by atoms with Crippen molar-refractivity contribution in [1.29, 1.82) is 0 Å². The highest BCUT2D eigenvalue weighted by Gasteiger charge is 2.63. The van der Waals surface area contributed by atoms with Crippen LogP contribution in [-0.4, -0.2) is 26.2 Å². The Kier molecular flexibility index (Phi) is 3.29. The molecule has 0 atom stereocenters. The van der Waals surface area contributed by atoms with Crippen LogP contribution < -0.4 is 5.43 Å². The van der Waals surface area contributed by atoms with E-state index in [-0.39, 0.29) is 22.1 Å². The van der Waals surface area contributed by atoms with Gasteiger partial charge >= 0.3 is 0 Å². The number of carbonyl (C=O) groups excluding carboxylic acids is 2. The van der Waals surface area contributed by atoms with Crippen LogP contribution in [0, 0.1) is 0 Å². The van der Waals surface area contributed by atoms with Gasteiger partial charge in [0.05, 0.1) is 10.9 Å². The smallest absolute Gasteiger partial charge is 0.228 e. The van der Waals surface area contributed by atoms with E-state index in [1.807, 2.05) is 0 Å². The van der Waals surface area contributed by atoms with Crippen molar-refractivity contribution >= 4 is 32.4 Å². The molecule has 1 aliphatic carbocycles. The number of hydrogen-bond donors (Lipinski definition) is 0. The summed E-state index contributed by atoms with van der Waals surface area (Å²) in [5.74, 6) is -1.86. The lowest BCUT2D eigenvalue weighted by Crippen LogP contribution is -2.48. The maximum absolute atomic E-state index is 13.1. The fourth-order valence-electron chi connectivity index (χ4n) is 3.46. The number of Topliss-reactive ketones (excluding diaryl/α,β-unsaturated/α-hetero) is 2. The Morgan fingerprint density at radius 3 is 1.96 bits per heavy atom. The normalized spacial score (nSPS) is 16.0. The Morgan fingerprint density at radius 2 is 1.38 bits per heavy atom. The number of rotatable bonds is 2. The second kappa shape index (κ2) is 5.22. The Labute approximate surface area is 148 Å². The van der Waals surface area contributed by atoms with Crippen molar-refractivity contribution < 1.29 is 22.4 Å². The van der Waals surface area contributed by atoms with E-state index in [9.17, 15) is 22.8 Å². The summed E-state index contributed by atoms with van der Waals surface area (Å²) in [6, 6.07) is 12.1. The molecule has 7 heteroatoms. The molecule has 1 heterocycles. The summed E-state index contributed by atoms with van der Waals surface area (Å²) in [6.07, 6.45) is 1.69. The SMILES string of the molecule is CS(=O)(=O)C1(c2coc3ccccc3c2=O)C(=O)c2ccccc2C1=O. The van der Waals surface area contributed by atoms with Gasteiger partial charge < -0.3 is 4.42 Å². The highest BCUT2D eigenvalue weighted by atomic mass is 32.2. The van der Waals surface area contributed by atoms with Gasteiger partial charge in [0.2, 0.25) is 4.75 Å². The van der Waals surface area contributed by atoms with Crippen molar-refractivity contribution in [1.82, 2.24) is 0 Å². The molecule has 0 unspecified atom stereocenters. The van der Waals surface area contributed by atoms with Gasteiger partial charge in [-0.1, -0.05) is 36.4 Å². The highest BCUT2D eigenvalue weighted by molar-refractivity contribution is 7.93. The Balaban J connectivity index is 2.16. The first kappa shape index (κ1) is 16.4. The first-order chi connectivity index (χ1) is 12.3. The van der Waals surface area contributed by atoms with Crippen LogP contribution >= 0.6 is 0 Å². The minimum Gasteiger partial charge on any atom is -0.464 e. The number of ketones is 2. The van der Waals surface area contributed by atoms with E-state index in [1.54, 1.807) is 18.2 Å². The number of fused-ring (bicyclic) bond motifs is 2. The average molecular weight is 368 g/mol. The molecule has 0 fully saturated rings. The summed E-state index contributed by atoms with van der Waals surface area (Å²) in [5, 5.41) is 0.101. The molecule has 26 heavy (non-hydrogen) atoms. The van der Waals surface area contributed by atoms with Crippen molar-refractivity contribution in [2.24, 2.45) is 0 Å². The molecule has 0 spiro atoms. The minimum atomic E-state index is -4.33. The third kappa shape index (κ3) is 1.86. The minimum absolute atomic E-state index is 0.0181. The van der Waals surface area contributed by atoms with Gasteiger partial charge in [0.25, 0.3) is 0 Å². The molecule has 4 rings (SSSR count). The van der Waals surface area contributed by atoms with E-state index >= 15 is 0 Å². The second-order valence-corrected chi connectivity index (χ2v) is 8.29. The molecule has 0 saturated heterocycles. The highest BCUT2D eigenvalue weighted by Crippen LogP contribution is 2.42. The molecule has 6 nitrogen and oxygen atoms in total. The van der Waals surface area contributed by atoms with Gasteiger partial charge in [0.1, 0.15) is 11.8 Å². The molecule has 0 N–H and O–H groups in total. The first-order valence-corrected chi connectivity index (χ1v) is 9.58. The number of benzene rings is 2. The van der Waals surface area contributed by atoms with Crippen LogP contribution in [0.1, 0.15) is 26.3 Å². The topological polar surface area (TPSA) is 98.5 Å². The summed E-state index contributed by atoms with van der Waals surface area (Å²) in [6.45, 7) is 0. The molecule has 2 aromatic carbocycles. The number of hydrogen-bond acceptors (Lipinski definition) is 6. The first-order valence-electron chi connectivity index (χ1n) is 7.69. The quantitative estimate of drug-likeness (QED) is 0.643. The Hall–Kier alpha value is -3.06. The molecule has 0 aliphatic heterocycles. The van der Waals surface area contributed by atoms with Crippen molar-refractivity contribution in [3.8, 4) is 0 Å². The number of para-hydroxylation sites is 1.